The normalized spacial score (nSPS) is 17.0. The standard InChI is InChI=1S/C25H36N2O4/c1-26(13-11-20-9-10-24(29-2)25(17-20)30-3)22-7-5-12-27(19-22)18-21-6-4-8-23(16-21)31-15-14-28/h4,6,8-10,16-17,22,28H,5,7,11-15,18-19H2,1-3H3/t22-/m1/s1. The van der Waals surface area contributed by atoms with Crippen molar-refractivity contribution in [1.82, 2.24) is 9.80 Å². The number of rotatable bonds is 11. The molecule has 1 fully saturated rings. The summed E-state index contributed by atoms with van der Waals surface area (Å²) >= 11 is 0. The Balaban J connectivity index is 1.52. The number of nitrogens with zero attached hydrogens (tertiary/aromatic N) is 2. The Morgan fingerprint density at radius 2 is 1.90 bits per heavy atom. The third-order valence-electron chi connectivity index (χ3n) is 5.97. The molecule has 0 saturated carbocycles. The zero-order valence-corrected chi connectivity index (χ0v) is 19.0. The summed E-state index contributed by atoms with van der Waals surface area (Å²) in [5, 5.41) is 8.96. The van der Waals surface area contributed by atoms with Gasteiger partial charge in [-0.05, 0) is 68.2 Å². The van der Waals surface area contributed by atoms with Gasteiger partial charge in [-0.25, -0.2) is 0 Å². The van der Waals surface area contributed by atoms with Crippen molar-refractivity contribution in [3.05, 3.63) is 53.6 Å². The van der Waals surface area contributed by atoms with Crippen LogP contribution in [-0.2, 0) is 13.0 Å². The Bertz CT molecular complexity index is 814. The van der Waals surface area contributed by atoms with Crippen LogP contribution in [0.3, 0.4) is 0 Å². The number of hydrogen-bond acceptors (Lipinski definition) is 6. The maximum absolute atomic E-state index is 8.96. The second-order valence-corrected chi connectivity index (χ2v) is 8.17. The Hall–Kier alpha value is -2.28. The summed E-state index contributed by atoms with van der Waals surface area (Å²) in [4.78, 5) is 5.02. The quantitative estimate of drug-likeness (QED) is 0.593. The maximum Gasteiger partial charge on any atom is 0.160 e. The van der Waals surface area contributed by atoms with Gasteiger partial charge in [0.2, 0.25) is 0 Å². The Morgan fingerprint density at radius 3 is 2.68 bits per heavy atom. The largest absolute Gasteiger partial charge is 0.493 e. The molecule has 6 heteroatoms. The summed E-state index contributed by atoms with van der Waals surface area (Å²) in [6, 6.07) is 14.9. The van der Waals surface area contributed by atoms with Crippen molar-refractivity contribution in [2.45, 2.75) is 31.8 Å². The van der Waals surface area contributed by atoms with Crippen molar-refractivity contribution in [3.8, 4) is 17.2 Å². The maximum atomic E-state index is 8.96. The van der Waals surface area contributed by atoms with Crippen LogP contribution in [-0.4, -0.2) is 75.1 Å². The summed E-state index contributed by atoms with van der Waals surface area (Å²) in [7, 11) is 5.58. The van der Waals surface area contributed by atoms with Crippen molar-refractivity contribution < 1.29 is 19.3 Å². The molecule has 0 bridgehead atoms. The molecular weight excluding hydrogens is 392 g/mol. The number of aliphatic hydroxyl groups is 1. The average Bonchev–Trinajstić information content (AvgIpc) is 2.81. The topological polar surface area (TPSA) is 54.4 Å². The Morgan fingerprint density at radius 1 is 1.06 bits per heavy atom. The number of likely N-dealkylation sites (tertiary alicyclic amines) is 1. The lowest BCUT2D eigenvalue weighted by Gasteiger charge is -2.37. The third kappa shape index (κ3) is 6.86. The zero-order valence-electron chi connectivity index (χ0n) is 19.0. The van der Waals surface area contributed by atoms with Gasteiger partial charge in [0.05, 0.1) is 20.8 Å². The van der Waals surface area contributed by atoms with Crippen molar-refractivity contribution >= 4 is 0 Å². The van der Waals surface area contributed by atoms with E-state index in [1.165, 1.54) is 24.0 Å². The third-order valence-corrected chi connectivity index (χ3v) is 5.97. The van der Waals surface area contributed by atoms with E-state index in [9.17, 15) is 0 Å². The smallest absolute Gasteiger partial charge is 0.160 e. The van der Waals surface area contributed by atoms with Crippen LogP contribution in [0.5, 0.6) is 17.2 Å². The van der Waals surface area contributed by atoms with Gasteiger partial charge in [-0.3, -0.25) is 4.90 Å². The number of piperidine rings is 1. The van der Waals surface area contributed by atoms with E-state index in [1.807, 2.05) is 18.2 Å². The molecule has 1 aliphatic heterocycles. The van der Waals surface area contributed by atoms with Crippen LogP contribution in [0, 0.1) is 0 Å². The second-order valence-electron chi connectivity index (χ2n) is 8.17. The van der Waals surface area contributed by atoms with Gasteiger partial charge in [-0.1, -0.05) is 18.2 Å². The number of benzene rings is 2. The number of methoxy groups -OCH3 is 2. The highest BCUT2D eigenvalue weighted by molar-refractivity contribution is 5.43. The fraction of sp³-hybridized carbons (Fsp3) is 0.520. The SMILES string of the molecule is COc1ccc(CCN(C)[C@@H]2CCCN(Cc3cccc(OCCO)c3)C2)cc1OC. The highest BCUT2D eigenvalue weighted by Gasteiger charge is 2.23. The van der Waals surface area contributed by atoms with E-state index in [0.29, 0.717) is 12.6 Å². The molecule has 1 aliphatic rings. The monoisotopic (exact) mass is 428 g/mol. The fourth-order valence-electron chi connectivity index (χ4n) is 4.21. The molecule has 0 amide bonds. The average molecular weight is 429 g/mol. The van der Waals surface area contributed by atoms with E-state index in [0.717, 1.165) is 49.8 Å². The van der Waals surface area contributed by atoms with Gasteiger partial charge >= 0.3 is 0 Å². The molecule has 170 valence electrons. The van der Waals surface area contributed by atoms with Gasteiger partial charge < -0.3 is 24.2 Å². The molecule has 1 heterocycles. The fourth-order valence-corrected chi connectivity index (χ4v) is 4.21. The van der Waals surface area contributed by atoms with Crippen molar-refractivity contribution in [1.29, 1.82) is 0 Å². The predicted octanol–water partition coefficient (Wildman–Crippen LogP) is 3.21. The molecule has 1 atom stereocenters. The molecule has 2 aromatic rings. The predicted molar refractivity (Wildman–Crippen MR) is 123 cm³/mol. The van der Waals surface area contributed by atoms with Gasteiger partial charge in [-0.15, -0.1) is 0 Å². The van der Waals surface area contributed by atoms with Crippen molar-refractivity contribution in [3.63, 3.8) is 0 Å². The molecule has 0 spiro atoms. The first-order valence-electron chi connectivity index (χ1n) is 11.1. The minimum atomic E-state index is 0.0354. The van der Waals surface area contributed by atoms with Gasteiger partial charge in [0.15, 0.2) is 11.5 Å². The van der Waals surface area contributed by atoms with Gasteiger partial charge in [0.1, 0.15) is 12.4 Å². The summed E-state index contributed by atoms with van der Waals surface area (Å²) in [6.45, 7) is 4.51. The van der Waals surface area contributed by atoms with Crippen molar-refractivity contribution in [2.24, 2.45) is 0 Å². The van der Waals surface area contributed by atoms with Crippen LogP contribution in [0.25, 0.3) is 0 Å². The zero-order chi connectivity index (χ0) is 22.1. The molecule has 0 unspecified atom stereocenters. The first kappa shape index (κ1) is 23.4. The van der Waals surface area contributed by atoms with Crippen LogP contribution in [0.15, 0.2) is 42.5 Å². The van der Waals surface area contributed by atoms with Crippen molar-refractivity contribution in [2.75, 3.05) is 54.1 Å². The summed E-state index contributed by atoms with van der Waals surface area (Å²) < 4.78 is 16.3. The van der Waals surface area contributed by atoms with E-state index < -0.39 is 0 Å². The highest BCUT2D eigenvalue weighted by Crippen LogP contribution is 2.28. The molecule has 3 rings (SSSR count). The molecule has 0 radical (unpaired) electrons. The lowest BCUT2D eigenvalue weighted by atomic mass is 10.0. The number of likely N-dealkylation sites (N-methyl/N-ethyl adjacent to an activating group) is 1. The molecule has 1 saturated heterocycles. The Labute approximate surface area is 186 Å². The van der Waals surface area contributed by atoms with Crippen LogP contribution >= 0.6 is 0 Å². The molecule has 0 aromatic heterocycles. The lowest BCUT2D eigenvalue weighted by molar-refractivity contribution is 0.112. The minimum absolute atomic E-state index is 0.0354. The van der Waals surface area contributed by atoms with Gasteiger partial charge in [0, 0.05) is 25.7 Å². The van der Waals surface area contributed by atoms with Crippen LogP contribution in [0.2, 0.25) is 0 Å². The first-order valence-corrected chi connectivity index (χ1v) is 11.1. The summed E-state index contributed by atoms with van der Waals surface area (Å²) in [5.41, 5.74) is 2.51. The molecule has 31 heavy (non-hydrogen) atoms. The number of aliphatic hydroxyl groups excluding tert-OH is 1. The van der Waals surface area contributed by atoms with Crippen LogP contribution < -0.4 is 14.2 Å². The first-order chi connectivity index (χ1) is 15.1. The Kier molecular flexibility index (Phi) is 9.00. The minimum Gasteiger partial charge on any atom is -0.493 e. The van der Waals surface area contributed by atoms with E-state index in [-0.39, 0.29) is 6.61 Å². The highest BCUT2D eigenvalue weighted by atomic mass is 16.5. The van der Waals surface area contributed by atoms with Gasteiger partial charge in [0.25, 0.3) is 0 Å². The summed E-state index contributed by atoms with van der Waals surface area (Å²) in [6.07, 6.45) is 3.43. The molecular formula is C25H36N2O4. The number of hydrogen-bond donors (Lipinski definition) is 1. The van der Waals surface area contributed by atoms with Crippen LogP contribution in [0.1, 0.15) is 24.0 Å². The van der Waals surface area contributed by atoms with E-state index in [1.54, 1.807) is 14.2 Å². The molecule has 1 N–H and O–H groups in total. The van der Waals surface area contributed by atoms with E-state index in [4.69, 9.17) is 19.3 Å². The second kappa shape index (κ2) is 11.9. The molecule has 6 nitrogen and oxygen atoms in total. The summed E-state index contributed by atoms with van der Waals surface area (Å²) in [5.74, 6) is 2.39. The molecule has 0 aliphatic carbocycles. The van der Waals surface area contributed by atoms with E-state index in [2.05, 4.69) is 41.1 Å². The van der Waals surface area contributed by atoms with E-state index >= 15 is 0 Å². The number of ether oxygens (including phenoxy) is 3. The lowest BCUT2D eigenvalue weighted by Crippen LogP contribution is -2.46. The van der Waals surface area contributed by atoms with Crippen LogP contribution in [0.4, 0.5) is 0 Å². The van der Waals surface area contributed by atoms with Gasteiger partial charge in [-0.2, -0.15) is 0 Å². The molecule has 2 aromatic carbocycles.